The van der Waals surface area contributed by atoms with Gasteiger partial charge in [-0.25, -0.2) is 0 Å². The van der Waals surface area contributed by atoms with Crippen molar-refractivity contribution in [3.05, 3.63) is 23.3 Å². The number of nitrogens with one attached hydrogen (secondary N) is 1. The summed E-state index contributed by atoms with van der Waals surface area (Å²) in [5, 5.41) is 3.48. The van der Waals surface area contributed by atoms with E-state index in [1.165, 1.54) is 12.0 Å². The molecule has 0 aromatic heterocycles. The summed E-state index contributed by atoms with van der Waals surface area (Å²) in [6.45, 7) is 9.48. The van der Waals surface area contributed by atoms with Gasteiger partial charge in [-0.2, -0.15) is 0 Å². The first-order valence-corrected chi connectivity index (χ1v) is 8.74. The highest BCUT2D eigenvalue weighted by Crippen LogP contribution is 2.35. The largest absolute Gasteiger partial charge is 0.496 e. The molecule has 1 aromatic carbocycles. The lowest BCUT2D eigenvalue weighted by molar-refractivity contribution is 0.254. The fourth-order valence-electron chi connectivity index (χ4n) is 3.61. The molecule has 1 aromatic rings. The number of hydrogen-bond donors (Lipinski definition) is 1. The molecule has 1 atom stereocenters. The van der Waals surface area contributed by atoms with Crippen LogP contribution in [0.1, 0.15) is 38.3 Å². The third kappa shape index (κ3) is 3.45. The molecular formula is C19H29N3O2. The first kappa shape index (κ1) is 16.9. The quantitative estimate of drug-likeness (QED) is 0.683. The fourth-order valence-corrected chi connectivity index (χ4v) is 3.61. The lowest BCUT2D eigenvalue weighted by Gasteiger charge is -2.24. The summed E-state index contributed by atoms with van der Waals surface area (Å²) in [5.74, 6) is 2.85. The first-order chi connectivity index (χ1) is 11.4. The molecule has 1 saturated heterocycles. The summed E-state index contributed by atoms with van der Waals surface area (Å²) in [4.78, 5) is 6.78. The highest BCUT2D eigenvalue weighted by atomic mass is 16.5. The maximum absolute atomic E-state index is 5.88. The van der Waals surface area contributed by atoms with Gasteiger partial charge in [0.2, 0.25) is 0 Å². The standard InChI is InChI=1S/C19H29N3O2/c1-13-8-14-9-16(23-5)15(10-17(14)24-13)11-21-18(20-4)22-7-6-19(2,3)12-22/h9-10,13H,6-8,11-12H2,1-5H3,(H,20,21). The lowest BCUT2D eigenvalue weighted by Crippen LogP contribution is -2.40. The number of rotatable bonds is 3. The topological polar surface area (TPSA) is 46.1 Å². The van der Waals surface area contributed by atoms with E-state index in [0.717, 1.165) is 42.5 Å². The Hall–Kier alpha value is -1.91. The Morgan fingerprint density at radius 2 is 2.25 bits per heavy atom. The van der Waals surface area contributed by atoms with E-state index in [1.807, 2.05) is 7.05 Å². The summed E-state index contributed by atoms with van der Waals surface area (Å²) in [6.07, 6.45) is 2.39. The molecule has 0 amide bonds. The van der Waals surface area contributed by atoms with E-state index in [2.05, 4.69) is 48.1 Å². The fraction of sp³-hybridized carbons (Fsp3) is 0.632. The zero-order chi connectivity index (χ0) is 17.3. The molecule has 1 unspecified atom stereocenters. The van der Waals surface area contributed by atoms with Gasteiger partial charge in [-0.1, -0.05) is 13.8 Å². The van der Waals surface area contributed by atoms with E-state index in [9.17, 15) is 0 Å². The minimum atomic E-state index is 0.243. The average molecular weight is 331 g/mol. The van der Waals surface area contributed by atoms with E-state index >= 15 is 0 Å². The monoisotopic (exact) mass is 331 g/mol. The van der Waals surface area contributed by atoms with Gasteiger partial charge in [0.15, 0.2) is 5.96 Å². The molecule has 0 radical (unpaired) electrons. The SMILES string of the molecule is CN=C(NCc1cc2c(cc1OC)CC(C)O2)N1CCC(C)(C)C1. The molecule has 2 aliphatic rings. The number of benzene rings is 1. The molecule has 0 saturated carbocycles. The van der Waals surface area contributed by atoms with Crippen LogP contribution in [0.25, 0.3) is 0 Å². The van der Waals surface area contributed by atoms with Crippen molar-refractivity contribution in [2.45, 2.75) is 46.3 Å². The van der Waals surface area contributed by atoms with Crippen molar-refractivity contribution in [3.8, 4) is 11.5 Å². The summed E-state index contributed by atoms with van der Waals surface area (Å²) in [7, 11) is 3.57. The predicted molar refractivity (Wildman–Crippen MR) is 97.0 cm³/mol. The summed E-state index contributed by atoms with van der Waals surface area (Å²) in [5.41, 5.74) is 2.69. The van der Waals surface area contributed by atoms with Gasteiger partial charge in [-0.3, -0.25) is 4.99 Å². The van der Waals surface area contributed by atoms with Crippen molar-refractivity contribution < 1.29 is 9.47 Å². The molecule has 2 aliphatic heterocycles. The summed E-state index contributed by atoms with van der Waals surface area (Å²) in [6, 6.07) is 4.21. The van der Waals surface area contributed by atoms with E-state index < -0.39 is 0 Å². The summed E-state index contributed by atoms with van der Waals surface area (Å²) >= 11 is 0. The van der Waals surface area contributed by atoms with Gasteiger partial charge in [0, 0.05) is 44.2 Å². The van der Waals surface area contributed by atoms with E-state index in [0.29, 0.717) is 12.0 Å². The van der Waals surface area contributed by atoms with Gasteiger partial charge in [0.1, 0.15) is 17.6 Å². The number of aliphatic imine (C=N–C) groups is 1. The van der Waals surface area contributed by atoms with Crippen molar-refractivity contribution in [3.63, 3.8) is 0 Å². The molecule has 0 bridgehead atoms. The number of hydrogen-bond acceptors (Lipinski definition) is 3. The van der Waals surface area contributed by atoms with Crippen LogP contribution < -0.4 is 14.8 Å². The van der Waals surface area contributed by atoms with Gasteiger partial charge < -0.3 is 19.7 Å². The van der Waals surface area contributed by atoms with Gasteiger partial charge in [0.05, 0.1) is 7.11 Å². The first-order valence-electron chi connectivity index (χ1n) is 8.74. The van der Waals surface area contributed by atoms with Crippen LogP contribution in [0.4, 0.5) is 0 Å². The van der Waals surface area contributed by atoms with Gasteiger partial charge >= 0.3 is 0 Å². The molecule has 2 heterocycles. The van der Waals surface area contributed by atoms with Crippen molar-refractivity contribution in [1.82, 2.24) is 10.2 Å². The number of ether oxygens (including phenoxy) is 2. The second-order valence-electron chi connectivity index (χ2n) is 7.64. The molecule has 3 rings (SSSR count). The van der Waals surface area contributed by atoms with Crippen molar-refractivity contribution in [2.75, 3.05) is 27.2 Å². The van der Waals surface area contributed by atoms with Crippen molar-refractivity contribution in [1.29, 1.82) is 0 Å². The number of guanidine groups is 1. The third-order valence-corrected chi connectivity index (χ3v) is 4.92. The second kappa shape index (κ2) is 6.54. The molecule has 132 valence electrons. The Bertz CT molecular complexity index is 640. The van der Waals surface area contributed by atoms with Crippen LogP contribution in [-0.4, -0.2) is 44.2 Å². The van der Waals surface area contributed by atoms with Crippen molar-refractivity contribution in [2.24, 2.45) is 10.4 Å². The molecule has 1 N–H and O–H groups in total. The second-order valence-corrected chi connectivity index (χ2v) is 7.64. The highest BCUT2D eigenvalue weighted by Gasteiger charge is 2.31. The number of likely N-dealkylation sites (tertiary alicyclic amines) is 1. The average Bonchev–Trinajstić information content (AvgIpc) is 3.07. The number of fused-ring (bicyclic) bond motifs is 1. The maximum Gasteiger partial charge on any atom is 0.193 e. The van der Waals surface area contributed by atoms with Crippen LogP contribution in [0.3, 0.4) is 0 Å². The Balaban J connectivity index is 1.71. The van der Waals surface area contributed by atoms with E-state index in [-0.39, 0.29) is 6.10 Å². The number of methoxy groups -OCH3 is 1. The predicted octanol–water partition coefficient (Wildman–Crippen LogP) is 2.83. The molecule has 24 heavy (non-hydrogen) atoms. The Labute approximate surface area is 145 Å². The molecule has 5 nitrogen and oxygen atoms in total. The Morgan fingerprint density at radius 3 is 2.88 bits per heavy atom. The molecule has 0 spiro atoms. The van der Waals surface area contributed by atoms with Crippen LogP contribution in [0.5, 0.6) is 11.5 Å². The molecule has 5 heteroatoms. The van der Waals surface area contributed by atoms with Crippen LogP contribution in [0.15, 0.2) is 17.1 Å². The Kier molecular flexibility index (Phi) is 4.61. The van der Waals surface area contributed by atoms with Crippen LogP contribution in [0, 0.1) is 5.41 Å². The highest BCUT2D eigenvalue weighted by molar-refractivity contribution is 5.80. The van der Waals surface area contributed by atoms with Gasteiger partial charge in [-0.05, 0) is 30.9 Å². The minimum Gasteiger partial charge on any atom is -0.496 e. The Morgan fingerprint density at radius 1 is 1.46 bits per heavy atom. The van der Waals surface area contributed by atoms with Crippen LogP contribution in [-0.2, 0) is 13.0 Å². The normalized spacial score (nSPS) is 22.3. The molecule has 0 aliphatic carbocycles. The van der Waals surface area contributed by atoms with Crippen molar-refractivity contribution >= 4 is 5.96 Å². The third-order valence-electron chi connectivity index (χ3n) is 4.92. The smallest absolute Gasteiger partial charge is 0.193 e. The minimum absolute atomic E-state index is 0.243. The number of nitrogens with zero attached hydrogens (tertiary/aromatic N) is 2. The molecular weight excluding hydrogens is 302 g/mol. The maximum atomic E-state index is 5.88. The van der Waals surface area contributed by atoms with E-state index in [4.69, 9.17) is 9.47 Å². The van der Waals surface area contributed by atoms with E-state index in [1.54, 1.807) is 7.11 Å². The zero-order valence-electron chi connectivity index (χ0n) is 15.5. The lowest BCUT2D eigenvalue weighted by atomic mass is 9.93. The van der Waals surface area contributed by atoms with Gasteiger partial charge in [-0.15, -0.1) is 0 Å². The summed E-state index contributed by atoms with van der Waals surface area (Å²) < 4.78 is 11.5. The zero-order valence-corrected chi connectivity index (χ0v) is 15.5. The van der Waals surface area contributed by atoms with Crippen LogP contribution >= 0.6 is 0 Å². The van der Waals surface area contributed by atoms with Crippen LogP contribution in [0.2, 0.25) is 0 Å². The molecule has 1 fully saturated rings. The van der Waals surface area contributed by atoms with Gasteiger partial charge in [0.25, 0.3) is 0 Å².